The second kappa shape index (κ2) is 5.48. The Labute approximate surface area is 104 Å². The summed E-state index contributed by atoms with van der Waals surface area (Å²) in [6.45, 7) is 0.676. The van der Waals surface area contributed by atoms with Crippen LogP contribution in [0.2, 0.25) is 0 Å². The number of aromatic hydroxyl groups is 1. The number of rotatable bonds is 4. The van der Waals surface area contributed by atoms with E-state index in [1.165, 1.54) is 31.2 Å². The van der Waals surface area contributed by atoms with Crippen molar-refractivity contribution in [1.29, 1.82) is 0 Å². The fraction of sp³-hybridized carbons (Fsp3) is 0.500. The first-order valence-electron chi connectivity index (χ1n) is 5.38. The van der Waals surface area contributed by atoms with E-state index < -0.39 is 18.8 Å². The lowest BCUT2D eigenvalue weighted by Crippen LogP contribution is -2.33. The van der Waals surface area contributed by atoms with Crippen molar-refractivity contribution < 1.29 is 23.0 Å². The Morgan fingerprint density at radius 1 is 1.39 bits per heavy atom. The second-order valence-corrected chi connectivity index (χ2v) is 4.14. The van der Waals surface area contributed by atoms with Crippen molar-refractivity contribution in [3.05, 3.63) is 23.8 Å². The van der Waals surface area contributed by atoms with E-state index in [9.17, 15) is 18.3 Å². The highest BCUT2D eigenvalue weighted by atomic mass is 19.4. The summed E-state index contributed by atoms with van der Waals surface area (Å²) < 4.78 is 41.8. The van der Waals surface area contributed by atoms with Crippen molar-refractivity contribution in [1.82, 2.24) is 4.90 Å². The van der Waals surface area contributed by atoms with E-state index in [4.69, 9.17) is 4.74 Å². The van der Waals surface area contributed by atoms with Gasteiger partial charge in [0.05, 0.1) is 13.7 Å². The Hall–Kier alpha value is -1.43. The zero-order valence-electron chi connectivity index (χ0n) is 10.5. The van der Waals surface area contributed by atoms with Crippen molar-refractivity contribution in [2.75, 3.05) is 20.7 Å². The molecule has 1 rings (SSSR count). The minimum absolute atomic E-state index is 0.0353. The third kappa shape index (κ3) is 3.80. The number of phenols is 1. The van der Waals surface area contributed by atoms with Crippen LogP contribution in [0, 0.1) is 0 Å². The summed E-state index contributed by atoms with van der Waals surface area (Å²) in [6.07, 6.45) is -4.23. The van der Waals surface area contributed by atoms with E-state index in [0.29, 0.717) is 5.56 Å². The molecule has 1 N–H and O–H groups in total. The van der Waals surface area contributed by atoms with Gasteiger partial charge in [0.1, 0.15) is 0 Å². The van der Waals surface area contributed by atoms with E-state index in [1.807, 2.05) is 0 Å². The maximum absolute atomic E-state index is 12.3. The summed E-state index contributed by atoms with van der Waals surface area (Å²) in [5.74, 6) is 0.215. The number of halogens is 3. The van der Waals surface area contributed by atoms with Crippen LogP contribution in [0.5, 0.6) is 11.5 Å². The van der Waals surface area contributed by atoms with E-state index in [-0.39, 0.29) is 11.5 Å². The van der Waals surface area contributed by atoms with E-state index in [0.717, 1.165) is 0 Å². The highest BCUT2D eigenvalue weighted by Gasteiger charge is 2.31. The molecule has 0 heterocycles. The molecule has 0 amide bonds. The number of alkyl halides is 3. The first-order valence-corrected chi connectivity index (χ1v) is 5.38. The fourth-order valence-corrected chi connectivity index (χ4v) is 1.63. The Morgan fingerprint density at radius 2 is 2.00 bits per heavy atom. The van der Waals surface area contributed by atoms with E-state index in [2.05, 4.69) is 0 Å². The summed E-state index contributed by atoms with van der Waals surface area (Å²) in [7, 11) is 2.79. The van der Waals surface area contributed by atoms with Gasteiger partial charge in [0, 0.05) is 6.04 Å². The monoisotopic (exact) mass is 263 g/mol. The molecule has 0 fully saturated rings. The van der Waals surface area contributed by atoms with Gasteiger partial charge in [-0.3, -0.25) is 4.90 Å². The molecule has 0 bridgehead atoms. The molecule has 0 saturated heterocycles. The van der Waals surface area contributed by atoms with Gasteiger partial charge in [-0.15, -0.1) is 0 Å². The summed E-state index contributed by atoms with van der Waals surface area (Å²) >= 11 is 0. The average molecular weight is 263 g/mol. The molecule has 18 heavy (non-hydrogen) atoms. The quantitative estimate of drug-likeness (QED) is 0.906. The number of methoxy groups -OCH3 is 1. The molecule has 0 spiro atoms. The topological polar surface area (TPSA) is 32.7 Å². The third-order valence-corrected chi connectivity index (χ3v) is 2.78. The lowest BCUT2D eigenvalue weighted by Gasteiger charge is -2.26. The smallest absolute Gasteiger partial charge is 0.401 e. The van der Waals surface area contributed by atoms with Crippen molar-refractivity contribution in [3.63, 3.8) is 0 Å². The molecule has 1 unspecified atom stereocenters. The molecular formula is C12H16F3NO2. The molecule has 0 radical (unpaired) electrons. The van der Waals surface area contributed by atoms with Crippen LogP contribution < -0.4 is 4.74 Å². The summed E-state index contributed by atoms with van der Waals surface area (Å²) in [6, 6.07) is 4.09. The molecule has 1 aromatic rings. The number of phenolic OH excluding ortho intramolecular Hbond substituents is 1. The van der Waals surface area contributed by atoms with Crippen molar-refractivity contribution >= 4 is 0 Å². The van der Waals surface area contributed by atoms with Crippen LogP contribution in [-0.2, 0) is 0 Å². The maximum Gasteiger partial charge on any atom is 0.401 e. The zero-order valence-corrected chi connectivity index (χ0v) is 10.5. The Kier molecular flexibility index (Phi) is 4.45. The Morgan fingerprint density at radius 3 is 2.50 bits per heavy atom. The lowest BCUT2D eigenvalue weighted by molar-refractivity contribution is -0.147. The maximum atomic E-state index is 12.3. The van der Waals surface area contributed by atoms with Crippen LogP contribution in [-0.4, -0.2) is 36.9 Å². The van der Waals surface area contributed by atoms with Crippen molar-refractivity contribution in [3.8, 4) is 11.5 Å². The lowest BCUT2D eigenvalue weighted by atomic mass is 10.1. The predicted molar refractivity (Wildman–Crippen MR) is 61.8 cm³/mol. The number of hydrogen-bond acceptors (Lipinski definition) is 3. The minimum atomic E-state index is -4.23. The summed E-state index contributed by atoms with van der Waals surface area (Å²) in [5, 5.41) is 9.42. The molecule has 0 aliphatic rings. The van der Waals surface area contributed by atoms with Crippen LogP contribution in [0.4, 0.5) is 13.2 Å². The highest BCUT2D eigenvalue weighted by molar-refractivity contribution is 5.42. The second-order valence-electron chi connectivity index (χ2n) is 4.14. The van der Waals surface area contributed by atoms with E-state index >= 15 is 0 Å². The van der Waals surface area contributed by atoms with Gasteiger partial charge < -0.3 is 9.84 Å². The van der Waals surface area contributed by atoms with Gasteiger partial charge in [0.25, 0.3) is 0 Å². The molecule has 0 aromatic heterocycles. The van der Waals surface area contributed by atoms with Crippen LogP contribution >= 0.6 is 0 Å². The number of nitrogens with zero attached hydrogens (tertiary/aromatic N) is 1. The van der Waals surface area contributed by atoms with E-state index in [1.54, 1.807) is 13.0 Å². The molecule has 0 saturated carbocycles. The highest BCUT2D eigenvalue weighted by Crippen LogP contribution is 2.31. The van der Waals surface area contributed by atoms with Gasteiger partial charge in [0.2, 0.25) is 0 Å². The van der Waals surface area contributed by atoms with Crippen LogP contribution in [0.3, 0.4) is 0 Å². The molecular weight excluding hydrogens is 247 g/mol. The van der Waals surface area contributed by atoms with Gasteiger partial charge in [-0.05, 0) is 31.7 Å². The number of benzene rings is 1. The van der Waals surface area contributed by atoms with Gasteiger partial charge in [0.15, 0.2) is 11.5 Å². The molecule has 3 nitrogen and oxygen atoms in total. The predicted octanol–water partition coefficient (Wildman–Crippen LogP) is 2.96. The molecule has 1 aromatic carbocycles. The van der Waals surface area contributed by atoms with Gasteiger partial charge in [-0.25, -0.2) is 0 Å². The molecule has 1 atom stereocenters. The Bertz CT molecular complexity index is 407. The van der Waals surface area contributed by atoms with Gasteiger partial charge >= 0.3 is 6.18 Å². The van der Waals surface area contributed by atoms with Crippen LogP contribution in [0.25, 0.3) is 0 Å². The van der Waals surface area contributed by atoms with Crippen LogP contribution in [0.1, 0.15) is 18.5 Å². The first kappa shape index (κ1) is 14.6. The molecule has 102 valence electrons. The Balaban J connectivity index is 2.86. The molecule has 6 heteroatoms. The summed E-state index contributed by atoms with van der Waals surface area (Å²) in [5.41, 5.74) is 0.649. The van der Waals surface area contributed by atoms with Crippen molar-refractivity contribution in [2.24, 2.45) is 0 Å². The first-order chi connectivity index (χ1) is 8.24. The van der Waals surface area contributed by atoms with Crippen molar-refractivity contribution in [2.45, 2.75) is 19.1 Å². The van der Waals surface area contributed by atoms with Crippen LogP contribution in [0.15, 0.2) is 18.2 Å². The summed E-state index contributed by atoms with van der Waals surface area (Å²) in [4.78, 5) is 1.19. The molecule has 0 aliphatic heterocycles. The van der Waals surface area contributed by atoms with Gasteiger partial charge in [-0.2, -0.15) is 13.2 Å². The third-order valence-electron chi connectivity index (χ3n) is 2.78. The molecule has 0 aliphatic carbocycles. The largest absolute Gasteiger partial charge is 0.504 e. The zero-order chi connectivity index (χ0) is 13.9. The minimum Gasteiger partial charge on any atom is -0.504 e. The standard InChI is InChI=1S/C12H16F3NO2/c1-8(16(2)7-12(13,14)15)9-4-5-10(17)11(6-9)18-3/h4-6,8,17H,7H2,1-3H3. The average Bonchev–Trinajstić information content (AvgIpc) is 2.26. The number of hydrogen-bond donors (Lipinski definition) is 1. The number of ether oxygens (including phenoxy) is 1. The SMILES string of the molecule is COc1cc(C(C)N(C)CC(F)(F)F)ccc1O. The normalized spacial score (nSPS) is 13.7. The fourth-order valence-electron chi connectivity index (χ4n) is 1.63. The van der Waals surface area contributed by atoms with Gasteiger partial charge in [-0.1, -0.05) is 6.07 Å².